The zero-order chi connectivity index (χ0) is 14.3. The van der Waals surface area contributed by atoms with Gasteiger partial charge < -0.3 is 9.67 Å². The topological polar surface area (TPSA) is 60.1 Å². The molecule has 0 saturated heterocycles. The fourth-order valence-electron chi connectivity index (χ4n) is 2.38. The second-order valence-electron chi connectivity index (χ2n) is 4.97. The number of carboxylic acids is 1. The van der Waals surface area contributed by atoms with Gasteiger partial charge in [0.2, 0.25) is 0 Å². The molecule has 0 radical (unpaired) electrons. The number of aromatic nitrogens is 3. The first-order valence-corrected chi connectivity index (χ1v) is 6.35. The Morgan fingerprint density at radius 3 is 2.85 bits per heavy atom. The van der Waals surface area contributed by atoms with Crippen LogP contribution < -0.4 is 0 Å². The van der Waals surface area contributed by atoms with Gasteiger partial charge in [-0.25, -0.2) is 4.79 Å². The Labute approximate surface area is 116 Å². The molecule has 5 heteroatoms. The molecule has 0 unspecified atom stereocenters. The molecule has 0 fully saturated rings. The molecule has 1 N–H and O–H groups in total. The first-order valence-electron chi connectivity index (χ1n) is 6.35. The maximum absolute atomic E-state index is 10.8. The lowest BCUT2D eigenvalue weighted by molar-refractivity contribution is 0.0697. The highest BCUT2D eigenvalue weighted by atomic mass is 16.4. The fraction of sp³-hybridized carbons (Fsp3) is 0.200. The van der Waals surface area contributed by atoms with Crippen molar-refractivity contribution in [3.8, 4) is 0 Å². The highest BCUT2D eigenvalue weighted by molar-refractivity contribution is 5.86. The molecular formula is C15H15N3O2. The lowest BCUT2D eigenvalue weighted by Crippen LogP contribution is -2.00. The molecule has 3 rings (SSSR count). The molecule has 3 aromatic rings. The number of hydrogen-bond acceptors (Lipinski definition) is 2. The molecule has 0 saturated carbocycles. The van der Waals surface area contributed by atoms with Crippen LogP contribution in [0.25, 0.3) is 10.9 Å². The summed E-state index contributed by atoms with van der Waals surface area (Å²) in [6.07, 6.45) is 2.91. The maximum Gasteiger partial charge on any atom is 0.338 e. The average Bonchev–Trinajstić information content (AvgIpc) is 2.96. The van der Waals surface area contributed by atoms with Crippen LogP contribution in [0, 0.1) is 6.92 Å². The van der Waals surface area contributed by atoms with Gasteiger partial charge in [0.15, 0.2) is 0 Å². The van der Waals surface area contributed by atoms with Crippen LogP contribution in [0.1, 0.15) is 21.6 Å². The summed E-state index contributed by atoms with van der Waals surface area (Å²) >= 11 is 0. The fourth-order valence-corrected chi connectivity index (χ4v) is 2.38. The third-order valence-electron chi connectivity index (χ3n) is 3.57. The van der Waals surface area contributed by atoms with Gasteiger partial charge in [-0.15, -0.1) is 0 Å². The first-order chi connectivity index (χ1) is 9.54. The van der Waals surface area contributed by atoms with Gasteiger partial charge in [0, 0.05) is 29.8 Å². The van der Waals surface area contributed by atoms with Crippen molar-refractivity contribution < 1.29 is 9.90 Å². The largest absolute Gasteiger partial charge is 0.478 e. The first kappa shape index (κ1) is 12.5. The van der Waals surface area contributed by atoms with E-state index in [-0.39, 0.29) is 5.56 Å². The Bertz CT molecular complexity index is 799. The zero-order valence-electron chi connectivity index (χ0n) is 11.4. The summed E-state index contributed by atoms with van der Waals surface area (Å²) in [7, 11) is 2.05. The van der Waals surface area contributed by atoms with Gasteiger partial charge in [-0.2, -0.15) is 5.10 Å². The van der Waals surface area contributed by atoms with Crippen LogP contribution in [0.4, 0.5) is 0 Å². The van der Waals surface area contributed by atoms with Gasteiger partial charge in [-0.3, -0.25) is 4.68 Å². The van der Waals surface area contributed by atoms with Crippen molar-refractivity contribution in [3.63, 3.8) is 0 Å². The second-order valence-corrected chi connectivity index (χ2v) is 4.97. The molecule has 0 atom stereocenters. The van der Waals surface area contributed by atoms with Crippen LogP contribution in [-0.4, -0.2) is 25.4 Å². The van der Waals surface area contributed by atoms with Gasteiger partial charge >= 0.3 is 5.97 Å². The van der Waals surface area contributed by atoms with Crippen LogP contribution in [0.15, 0.2) is 36.7 Å². The molecule has 2 aromatic heterocycles. The Balaban J connectivity index is 1.92. The lowest BCUT2D eigenvalue weighted by Gasteiger charge is -2.03. The van der Waals surface area contributed by atoms with Crippen molar-refractivity contribution in [2.75, 3.05) is 0 Å². The summed E-state index contributed by atoms with van der Waals surface area (Å²) < 4.78 is 3.79. The van der Waals surface area contributed by atoms with E-state index in [9.17, 15) is 4.79 Å². The molecule has 20 heavy (non-hydrogen) atoms. The summed E-state index contributed by atoms with van der Waals surface area (Å²) in [6, 6.07) is 8.39. The summed E-state index contributed by atoms with van der Waals surface area (Å²) in [5.74, 6) is -0.953. The summed E-state index contributed by atoms with van der Waals surface area (Å²) in [5.41, 5.74) is 3.71. The van der Waals surface area contributed by atoms with Crippen molar-refractivity contribution in [3.05, 3.63) is 53.5 Å². The molecule has 0 aliphatic rings. The quantitative estimate of drug-likeness (QED) is 0.794. The summed E-state index contributed by atoms with van der Waals surface area (Å²) in [4.78, 5) is 10.8. The van der Waals surface area contributed by atoms with E-state index in [1.54, 1.807) is 10.9 Å². The van der Waals surface area contributed by atoms with Crippen LogP contribution in [0.3, 0.4) is 0 Å². The van der Waals surface area contributed by atoms with Crippen LogP contribution in [-0.2, 0) is 13.6 Å². The maximum atomic E-state index is 10.8. The molecule has 0 amide bonds. The van der Waals surface area contributed by atoms with Crippen molar-refractivity contribution in [2.45, 2.75) is 13.5 Å². The number of carboxylic acid groups (broad SMARTS) is 1. The molecular weight excluding hydrogens is 254 g/mol. The Morgan fingerprint density at radius 2 is 2.15 bits per heavy atom. The average molecular weight is 269 g/mol. The highest BCUT2D eigenvalue weighted by Crippen LogP contribution is 2.20. The number of rotatable bonds is 3. The Hall–Kier alpha value is -2.56. The van der Waals surface area contributed by atoms with E-state index in [1.807, 2.05) is 13.1 Å². The second kappa shape index (κ2) is 4.52. The van der Waals surface area contributed by atoms with Crippen molar-refractivity contribution in [1.82, 2.24) is 14.3 Å². The third-order valence-corrected chi connectivity index (χ3v) is 3.57. The van der Waals surface area contributed by atoms with Gasteiger partial charge in [-0.1, -0.05) is 6.07 Å². The lowest BCUT2D eigenvalue weighted by atomic mass is 10.1. The number of fused-ring (bicyclic) bond motifs is 1. The molecule has 102 valence electrons. The third kappa shape index (κ3) is 2.07. The minimum atomic E-state index is -0.953. The Morgan fingerprint density at radius 1 is 1.35 bits per heavy atom. The van der Waals surface area contributed by atoms with Crippen LogP contribution >= 0.6 is 0 Å². The van der Waals surface area contributed by atoms with Gasteiger partial charge in [-0.05, 0) is 30.7 Å². The van der Waals surface area contributed by atoms with E-state index in [1.165, 1.54) is 22.8 Å². The van der Waals surface area contributed by atoms with Gasteiger partial charge in [0.05, 0.1) is 18.3 Å². The molecule has 0 aliphatic carbocycles. The molecule has 0 bridgehead atoms. The van der Waals surface area contributed by atoms with Crippen LogP contribution in [0.5, 0.6) is 0 Å². The summed E-state index contributed by atoms with van der Waals surface area (Å²) in [5, 5.41) is 14.1. The number of aryl methyl sites for hydroxylation is 2. The predicted octanol–water partition coefficient (Wildman–Crippen LogP) is 2.43. The zero-order valence-corrected chi connectivity index (χ0v) is 11.4. The van der Waals surface area contributed by atoms with E-state index >= 15 is 0 Å². The van der Waals surface area contributed by atoms with E-state index < -0.39 is 5.97 Å². The highest BCUT2D eigenvalue weighted by Gasteiger charge is 2.07. The van der Waals surface area contributed by atoms with Gasteiger partial charge in [0.25, 0.3) is 0 Å². The Kier molecular flexibility index (Phi) is 2.82. The molecule has 5 nitrogen and oxygen atoms in total. The number of carbonyl (C=O) groups is 1. The van der Waals surface area contributed by atoms with Crippen molar-refractivity contribution in [2.24, 2.45) is 7.05 Å². The van der Waals surface area contributed by atoms with Gasteiger partial charge in [0.1, 0.15) is 0 Å². The van der Waals surface area contributed by atoms with Crippen molar-refractivity contribution in [1.29, 1.82) is 0 Å². The number of hydrogen-bond donors (Lipinski definition) is 1. The van der Waals surface area contributed by atoms with Crippen LogP contribution in [0.2, 0.25) is 0 Å². The standard InChI is InChI=1S/C15H15N3O2/c1-10-5-12-6-11(3-4-14(12)17(10)2)8-18-9-13(7-16-18)15(19)20/h3-7,9H,8H2,1-2H3,(H,19,20). The minimum absolute atomic E-state index is 0.210. The molecule has 0 spiro atoms. The number of aromatic carboxylic acids is 1. The normalized spacial score (nSPS) is 11.1. The molecule has 2 heterocycles. The number of nitrogens with zero attached hydrogens (tertiary/aromatic N) is 3. The van der Waals surface area contributed by atoms with Crippen molar-refractivity contribution >= 4 is 16.9 Å². The number of benzene rings is 1. The van der Waals surface area contributed by atoms with E-state index in [0.717, 1.165) is 5.56 Å². The van der Waals surface area contributed by atoms with E-state index in [0.29, 0.717) is 6.54 Å². The predicted molar refractivity (Wildman–Crippen MR) is 75.9 cm³/mol. The smallest absolute Gasteiger partial charge is 0.338 e. The van der Waals surface area contributed by atoms with E-state index in [4.69, 9.17) is 5.11 Å². The molecule has 1 aromatic carbocycles. The monoisotopic (exact) mass is 269 g/mol. The molecule has 0 aliphatic heterocycles. The minimum Gasteiger partial charge on any atom is -0.478 e. The SMILES string of the molecule is Cc1cc2cc(Cn3cc(C(=O)O)cn3)ccc2n1C. The van der Waals surface area contributed by atoms with E-state index in [2.05, 4.69) is 34.8 Å². The summed E-state index contributed by atoms with van der Waals surface area (Å²) in [6.45, 7) is 2.64.